The van der Waals surface area contributed by atoms with Crippen LogP contribution >= 0.6 is 0 Å². The summed E-state index contributed by atoms with van der Waals surface area (Å²) < 4.78 is 30.1. The number of carbonyl (C=O) groups excluding carboxylic acids is 2. The van der Waals surface area contributed by atoms with Crippen molar-refractivity contribution < 1.29 is 33.0 Å². The molecule has 1 aromatic heterocycles. The van der Waals surface area contributed by atoms with E-state index in [2.05, 4.69) is 4.98 Å². The lowest BCUT2D eigenvalue weighted by Crippen LogP contribution is -2.45. The van der Waals surface area contributed by atoms with Crippen molar-refractivity contribution >= 4 is 38.4 Å². The fourth-order valence-corrected chi connectivity index (χ4v) is 5.96. The maximum atomic E-state index is 13.4. The van der Waals surface area contributed by atoms with Crippen LogP contribution in [0.3, 0.4) is 0 Å². The number of aliphatic hydroxyl groups is 1. The number of phenolic OH excluding ortho intramolecular Hbond substituents is 1. The lowest BCUT2D eigenvalue weighted by Gasteiger charge is -2.33. The molecule has 0 aliphatic rings. The summed E-state index contributed by atoms with van der Waals surface area (Å²) in [6, 6.07) is 7.49. The van der Waals surface area contributed by atoms with Crippen molar-refractivity contribution in [3.05, 3.63) is 53.2 Å². The molecule has 0 radical (unpaired) electrons. The number of ether oxygens (including phenoxy) is 1. The molecule has 12 heteroatoms. The Balaban J connectivity index is 1.97. The summed E-state index contributed by atoms with van der Waals surface area (Å²) in [7, 11) is -3.90. The fourth-order valence-electron chi connectivity index (χ4n) is 4.99. The maximum absolute atomic E-state index is 13.4. The van der Waals surface area contributed by atoms with E-state index in [1.807, 2.05) is 32.9 Å². The Labute approximate surface area is 247 Å². The number of H-pyrrole nitrogens is 1. The van der Waals surface area contributed by atoms with Gasteiger partial charge in [-0.25, -0.2) is 13.2 Å². The Hall–Kier alpha value is -3.77. The number of aromatic hydroxyl groups is 1. The second-order valence-electron chi connectivity index (χ2n) is 11.4. The van der Waals surface area contributed by atoms with Gasteiger partial charge in [0, 0.05) is 42.5 Å². The number of benzene rings is 2. The van der Waals surface area contributed by atoms with Gasteiger partial charge in [0.05, 0.1) is 29.4 Å². The van der Waals surface area contributed by atoms with Crippen molar-refractivity contribution in [1.29, 1.82) is 0 Å². The summed E-state index contributed by atoms with van der Waals surface area (Å²) in [6.07, 6.45) is 1.01. The van der Waals surface area contributed by atoms with Crippen LogP contribution in [-0.2, 0) is 21.0 Å². The number of hydrogen-bond acceptors (Lipinski definition) is 8. The van der Waals surface area contributed by atoms with Gasteiger partial charge >= 0.3 is 6.09 Å². The molecule has 2 amide bonds. The number of aliphatic hydroxyl groups excluding tert-OH is 1. The Morgan fingerprint density at radius 1 is 1.12 bits per heavy atom. The number of fused-ring (bicyclic) bond motifs is 1. The number of hydrogen-bond donors (Lipinski definition) is 4. The number of aromatic amines is 1. The van der Waals surface area contributed by atoms with E-state index < -0.39 is 44.3 Å². The molecule has 0 fully saturated rings. The van der Waals surface area contributed by atoms with Crippen LogP contribution in [0.15, 0.2) is 41.4 Å². The van der Waals surface area contributed by atoms with Gasteiger partial charge in [-0.3, -0.25) is 4.79 Å². The van der Waals surface area contributed by atoms with Crippen molar-refractivity contribution in [1.82, 2.24) is 14.8 Å². The first-order valence-electron chi connectivity index (χ1n) is 13.9. The van der Waals surface area contributed by atoms with Crippen LogP contribution < -0.4 is 5.73 Å². The zero-order valence-corrected chi connectivity index (χ0v) is 26.1. The smallest absolute Gasteiger partial charge is 0.410 e. The second kappa shape index (κ2) is 12.6. The van der Waals surface area contributed by atoms with Crippen molar-refractivity contribution in [2.24, 2.45) is 0 Å². The highest BCUT2D eigenvalue weighted by Gasteiger charge is 2.31. The average molecular weight is 603 g/mol. The SMILES string of the molecule is CCN(CC)C(=O)c1cccc2c(C[C@@H](C)N(C[C@H](O)c3ccc(O)c(S(C)(=O)=O)c3N)C(=O)OC(C)(C)C)c[nH]c12. The summed E-state index contributed by atoms with van der Waals surface area (Å²) in [5.74, 6) is -0.605. The quantitative estimate of drug-likeness (QED) is 0.250. The van der Waals surface area contributed by atoms with Crippen LogP contribution in [0, 0.1) is 0 Å². The zero-order valence-electron chi connectivity index (χ0n) is 25.3. The molecule has 3 aromatic rings. The summed E-state index contributed by atoms with van der Waals surface area (Å²) >= 11 is 0. The molecule has 11 nitrogen and oxygen atoms in total. The third-order valence-electron chi connectivity index (χ3n) is 7.07. The van der Waals surface area contributed by atoms with Crippen LogP contribution in [0.2, 0.25) is 0 Å². The number of nitrogens with two attached hydrogens (primary N) is 1. The van der Waals surface area contributed by atoms with Gasteiger partial charge in [0.25, 0.3) is 5.91 Å². The zero-order chi connectivity index (χ0) is 31.6. The molecule has 3 rings (SSSR count). The molecule has 2 aromatic carbocycles. The molecule has 1 heterocycles. The highest BCUT2D eigenvalue weighted by molar-refractivity contribution is 7.91. The third kappa shape index (κ3) is 7.16. The first-order chi connectivity index (χ1) is 19.5. The number of phenols is 1. The number of rotatable bonds is 10. The van der Waals surface area contributed by atoms with Gasteiger partial charge in [-0.2, -0.15) is 0 Å². The number of anilines is 1. The minimum Gasteiger partial charge on any atom is -0.507 e. The molecule has 0 saturated heterocycles. The highest BCUT2D eigenvalue weighted by atomic mass is 32.2. The number of carbonyl (C=O) groups is 2. The van der Waals surface area contributed by atoms with Crippen molar-refractivity contribution in [3.8, 4) is 5.75 Å². The van der Waals surface area contributed by atoms with Gasteiger partial charge < -0.3 is 35.5 Å². The van der Waals surface area contributed by atoms with Crippen molar-refractivity contribution in [2.45, 2.75) is 70.6 Å². The van der Waals surface area contributed by atoms with E-state index in [0.29, 0.717) is 30.6 Å². The molecule has 0 unspecified atom stereocenters. The number of nitrogens with one attached hydrogen (secondary N) is 1. The van der Waals surface area contributed by atoms with E-state index >= 15 is 0 Å². The molecule has 0 spiro atoms. The average Bonchev–Trinajstić information content (AvgIpc) is 3.28. The van der Waals surface area contributed by atoms with Crippen molar-refractivity contribution in [3.63, 3.8) is 0 Å². The summed E-state index contributed by atoms with van der Waals surface area (Å²) in [6.45, 7) is 11.8. The van der Waals surface area contributed by atoms with Crippen LogP contribution in [0.1, 0.15) is 69.1 Å². The summed E-state index contributed by atoms with van der Waals surface area (Å²) in [5.41, 5.74) is 7.15. The highest BCUT2D eigenvalue weighted by Crippen LogP contribution is 2.35. The first kappa shape index (κ1) is 32.7. The van der Waals surface area contributed by atoms with Crippen molar-refractivity contribution in [2.75, 3.05) is 31.6 Å². The lowest BCUT2D eigenvalue weighted by molar-refractivity contribution is 0.00552. The monoisotopic (exact) mass is 602 g/mol. The molecule has 0 saturated carbocycles. The number of para-hydroxylation sites is 1. The molecule has 0 bridgehead atoms. The van der Waals surface area contributed by atoms with E-state index in [1.54, 1.807) is 37.9 Å². The standard InChI is InChI=1S/C30H42N4O7S/c1-8-33(9-2)28(37)22-12-10-11-20-19(16-32-26(20)22)15-18(3)34(29(38)41-30(4,5)6)17-24(36)21-13-14-23(35)27(25(21)31)42(7,39)40/h10-14,16,18,24,32,35-36H,8-9,15,17,31H2,1-7H3/t18-,24+/m1/s1. The van der Waals surface area contributed by atoms with E-state index in [0.717, 1.165) is 23.3 Å². The van der Waals surface area contributed by atoms with Crippen LogP contribution in [0.25, 0.3) is 10.9 Å². The number of sulfone groups is 1. The molecular weight excluding hydrogens is 560 g/mol. The lowest BCUT2D eigenvalue weighted by atomic mass is 10.0. The van der Waals surface area contributed by atoms with Gasteiger partial charge in [0.1, 0.15) is 16.2 Å². The van der Waals surface area contributed by atoms with Gasteiger partial charge in [-0.05, 0) is 65.7 Å². The number of nitrogen functional groups attached to an aromatic ring is 1. The van der Waals surface area contributed by atoms with E-state index in [-0.39, 0.29) is 23.7 Å². The third-order valence-corrected chi connectivity index (χ3v) is 8.24. The minimum atomic E-state index is -3.90. The number of nitrogens with zero attached hydrogens (tertiary/aromatic N) is 2. The predicted molar refractivity (Wildman–Crippen MR) is 162 cm³/mol. The number of aromatic nitrogens is 1. The van der Waals surface area contributed by atoms with Gasteiger partial charge in [-0.1, -0.05) is 18.2 Å². The van der Waals surface area contributed by atoms with Crippen LogP contribution in [0.4, 0.5) is 10.5 Å². The Morgan fingerprint density at radius 3 is 2.33 bits per heavy atom. The molecule has 5 N–H and O–H groups in total. The van der Waals surface area contributed by atoms with E-state index in [1.165, 1.54) is 11.0 Å². The maximum Gasteiger partial charge on any atom is 0.410 e. The largest absolute Gasteiger partial charge is 0.507 e. The Morgan fingerprint density at radius 2 is 1.76 bits per heavy atom. The molecular formula is C30H42N4O7S. The molecule has 2 atom stereocenters. The van der Waals surface area contributed by atoms with Crippen LogP contribution in [-0.4, -0.2) is 82.9 Å². The predicted octanol–water partition coefficient (Wildman–Crippen LogP) is 4.24. The van der Waals surface area contributed by atoms with Gasteiger partial charge in [-0.15, -0.1) is 0 Å². The molecule has 0 aliphatic heterocycles. The molecule has 0 aliphatic carbocycles. The molecule has 42 heavy (non-hydrogen) atoms. The Kier molecular flexibility index (Phi) is 9.84. The molecule has 230 valence electrons. The minimum absolute atomic E-state index is 0.0561. The van der Waals surface area contributed by atoms with Gasteiger partial charge in [0.2, 0.25) is 0 Å². The number of amides is 2. The normalized spacial score (nSPS) is 13.5. The topological polar surface area (TPSA) is 166 Å². The Bertz CT molecular complexity index is 1560. The van der Waals surface area contributed by atoms with Crippen LogP contribution in [0.5, 0.6) is 5.75 Å². The summed E-state index contributed by atoms with van der Waals surface area (Å²) in [5, 5.41) is 22.1. The van der Waals surface area contributed by atoms with Gasteiger partial charge in [0.15, 0.2) is 9.84 Å². The second-order valence-corrected chi connectivity index (χ2v) is 13.4. The fraction of sp³-hybridized carbons (Fsp3) is 0.467. The van der Waals surface area contributed by atoms with E-state index in [9.17, 15) is 28.2 Å². The summed E-state index contributed by atoms with van der Waals surface area (Å²) in [4.78, 5) is 32.3. The van der Waals surface area contributed by atoms with E-state index in [4.69, 9.17) is 10.5 Å². The first-order valence-corrected chi connectivity index (χ1v) is 15.8.